The third-order valence-corrected chi connectivity index (χ3v) is 4.53. The molecule has 19 heavy (non-hydrogen) atoms. The largest absolute Gasteiger partial charge is 0.379 e. The zero-order valence-corrected chi connectivity index (χ0v) is 13.8. The Balaban J connectivity index is 2.19. The van der Waals surface area contributed by atoms with Gasteiger partial charge in [-0.25, -0.2) is 4.39 Å². The standard InChI is InChI=1S/C16H23BrFN/c1-15(2)8-11(9-16(3,4)10-15)19-14-12(17)6-5-7-13(14)18/h5-7,11,19H,8-10H2,1-4H3. The van der Waals surface area contributed by atoms with Crippen LogP contribution in [0, 0.1) is 16.6 Å². The summed E-state index contributed by atoms with van der Waals surface area (Å²) in [6.07, 6.45) is 3.38. The van der Waals surface area contributed by atoms with Gasteiger partial charge in [0, 0.05) is 10.5 Å². The summed E-state index contributed by atoms with van der Waals surface area (Å²) in [6, 6.07) is 5.43. The van der Waals surface area contributed by atoms with Crippen molar-refractivity contribution in [2.45, 2.75) is 53.0 Å². The number of hydrogen-bond acceptors (Lipinski definition) is 1. The Bertz CT molecular complexity index is 432. The summed E-state index contributed by atoms with van der Waals surface area (Å²) in [7, 11) is 0. The minimum absolute atomic E-state index is 0.185. The van der Waals surface area contributed by atoms with Crippen LogP contribution in [-0.2, 0) is 0 Å². The normalized spacial score (nSPS) is 22.2. The van der Waals surface area contributed by atoms with Crippen molar-refractivity contribution in [3.05, 3.63) is 28.5 Å². The molecule has 0 aliphatic heterocycles. The summed E-state index contributed by atoms with van der Waals surface area (Å²) in [5, 5.41) is 3.41. The molecule has 1 aliphatic carbocycles. The number of para-hydroxylation sites is 1. The van der Waals surface area contributed by atoms with Crippen LogP contribution in [0.2, 0.25) is 0 Å². The second kappa shape index (κ2) is 5.08. The molecule has 1 aromatic rings. The first kappa shape index (κ1) is 14.8. The highest BCUT2D eigenvalue weighted by molar-refractivity contribution is 9.10. The van der Waals surface area contributed by atoms with Crippen LogP contribution >= 0.6 is 15.9 Å². The van der Waals surface area contributed by atoms with Crippen molar-refractivity contribution in [3.63, 3.8) is 0 Å². The SMILES string of the molecule is CC1(C)CC(Nc2c(F)cccc2Br)CC(C)(C)C1. The van der Waals surface area contributed by atoms with Crippen molar-refractivity contribution in [3.8, 4) is 0 Å². The average molecular weight is 328 g/mol. The van der Waals surface area contributed by atoms with Crippen molar-refractivity contribution in [2.24, 2.45) is 10.8 Å². The van der Waals surface area contributed by atoms with E-state index < -0.39 is 0 Å². The Morgan fingerprint density at radius 3 is 2.26 bits per heavy atom. The number of anilines is 1. The second-order valence-electron chi connectivity index (χ2n) is 7.35. The lowest BCUT2D eigenvalue weighted by Gasteiger charge is -2.45. The van der Waals surface area contributed by atoms with E-state index >= 15 is 0 Å². The zero-order valence-electron chi connectivity index (χ0n) is 12.2. The summed E-state index contributed by atoms with van der Waals surface area (Å²) < 4.78 is 14.7. The molecule has 1 saturated carbocycles. The van der Waals surface area contributed by atoms with E-state index in [1.54, 1.807) is 6.07 Å². The minimum atomic E-state index is -0.185. The molecule has 0 unspecified atom stereocenters. The van der Waals surface area contributed by atoms with Crippen molar-refractivity contribution in [1.29, 1.82) is 0 Å². The van der Waals surface area contributed by atoms with Gasteiger partial charge in [0.25, 0.3) is 0 Å². The highest BCUT2D eigenvalue weighted by Crippen LogP contribution is 2.46. The fourth-order valence-electron chi connectivity index (χ4n) is 3.79. The van der Waals surface area contributed by atoms with Crippen LogP contribution in [0.5, 0.6) is 0 Å². The van der Waals surface area contributed by atoms with Crippen LogP contribution in [0.4, 0.5) is 10.1 Å². The first-order valence-electron chi connectivity index (χ1n) is 6.89. The number of benzene rings is 1. The van der Waals surface area contributed by atoms with Crippen molar-refractivity contribution < 1.29 is 4.39 Å². The molecule has 1 aromatic carbocycles. The predicted octanol–water partition coefficient (Wildman–Crippen LogP) is 5.61. The molecule has 0 atom stereocenters. The molecule has 0 saturated heterocycles. The summed E-state index contributed by atoms with van der Waals surface area (Å²) >= 11 is 3.43. The first-order chi connectivity index (χ1) is 8.69. The van der Waals surface area contributed by atoms with Crippen molar-refractivity contribution >= 4 is 21.6 Å². The summed E-state index contributed by atoms with van der Waals surface area (Å²) in [6.45, 7) is 9.22. The molecule has 106 valence electrons. The molecular formula is C16H23BrFN. The lowest BCUT2D eigenvalue weighted by molar-refractivity contribution is 0.105. The Hall–Kier alpha value is -0.570. The summed E-state index contributed by atoms with van der Waals surface area (Å²) in [5.41, 5.74) is 1.20. The van der Waals surface area contributed by atoms with Crippen molar-refractivity contribution in [2.75, 3.05) is 5.32 Å². The van der Waals surface area contributed by atoms with E-state index in [2.05, 4.69) is 48.9 Å². The van der Waals surface area contributed by atoms with Gasteiger partial charge in [0.15, 0.2) is 0 Å². The molecule has 1 nitrogen and oxygen atoms in total. The Morgan fingerprint density at radius 1 is 1.16 bits per heavy atom. The molecule has 0 radical (unpaired) electrons. The van der Waals surface area contributed by atoms with E-state index in [0.29, 0.717) is 22.6 Å². The highest BCUT2D eigenvalue weighted by Gasteiger charge is 2.38. The smallest absolute Gasteiger partial charge is 0.147 e. The van der Waals surface area contributed by atoms with Gasteiger partial charge in [-0.15, -0.1) is 0 Å². The maximum absolute atomic E-state index is 13.9. The number of rotatable bonds is 2. The topological polar surface area (TPSA) is 12.0 Å². The van der Waals surface area contributed by atoms with Gasteiger partial charge in [0.2, 0.25) is 0 Å². The van der Waals surface area contributed by atoms with Crippen LogP contribution in [-0.4, -0.2) is 6.04 Å². The monoisotopic (exact) mass is 327 g/mol. The van der Waals surface area contributed by atoms with E-state index in [1.807, 2.05) is 6.07 Å². The number of nitrogens with one attached hydrogen (secondary N) is 1. The van der Waals surface area contributed by atoms with Crippen LogP contribution in [0.1, 0.15) is 47.0 Å². The van der Waals surface area contributed by atoms with Gasteiger partial charge in [-0.1, -0.05) is 33.8 Å². The third-order valence-electron chi connectivity index (χ3n) is 3.87. The maximum atomic E-state index is 13.9. The Morgan fingerprint density at radius 2 is 1.74 bits per heavy atom. The fraction of sp³-hybridized carbons (Fsp3) is 0.625. The predicted molar refractivity (Wildman–Crippen MR) is 82.9 cm³/mol. The molecule has 3 heteroatoms. The van der Waals surface area contributed by atoms with E-state index in [1.165, 1.54) is 12.5 Å². The van der Waals surface area contributed by atoms with Crippen LogP contribution in [0.25, 0.3) is 0 Å². The van der Waals surface area contributed by atoms with Gasteiger partial charge in [-0.3, -0.25) is 0 Å². The zero-order chi connectivity index (χ0) is 14.3. The molecular weight excluding hydrogens is 305 g/mol. The molecule has 1 aliphatic rings. The van der Waals surface area contributed by atoms with Crippen LogP contribution in [0.3, 0.4) is 0 Å². The Labute approximate surface area is 124 Å². The van der Waals surface area contributed by atoms with Gasteiger partial charge in [0.1, 0.15) is 5.82 Å². The molecule has 1 N–H and O–H groups in total. The molecule has 0 aromatic heterocycles. The highest BCUT2D eigenvalue weighted by atomic mass is 79.9. The molecule has 1 fully saturated rings. The maximum Gasteiger partial charge on any atom is 0.147 e. The number of hydrogen-bond donors (Lipinski definition) is 1. The van der Waals surface area contributed by atoms with Crippen molar-refractivity contribution in [1.82, 2.24) is 0 Å². The molecule has 0 heterocycles. The molecule has 0 spiro atoms. The summed E-state index contributed by atoms with van der Waals surface area (Å²) in [5.74, 6) is -0.185. The van der Waals surface area contributed by atoms with E-state index in [4.69, 9.17) is 0 Å². The fourth-order valence-corrected chi connectivity index (χ4v) is 4.24. The lowest BCUT2D eigenvalue weighted by atomic mass is 9.63. The molecule has 0 amide bonds. The van der Waals surface area contributed by atoms with Gasteiger partial charge in [0.05, 0.1) is 5.69 Å². The second-order valence-corrected chi connectivity index (χ2v) is 8.21. The van der Waals surface area contributed by atoms with Gasteiger partial charge in [-0.2, -0.15) is 0 Å². The summed E-state index contributed by atoms with van der Waals surface area (Å²) in [4.78, 5) is 0. The number of halogens is 2. The first-order valence-corrected chi connectivity index (χ1v) is 7.68. The van der Waals surface area contributed by atoms with E-state index in [-0.39, 0.29) is 5.82 Å². The minimum Gasteiger partial charge on any atom is -0.379 e. The van der Waals surface area contributed by atoms with E-state index in [0.717, 1.165) is 17.3 Å². The third kappa shape index (κ3) is 3.71. The van der Waals surface area contributed by atoms with Gasteiger partial charge >= 0.3 is 0 Å². The lowest BCUT2D eigenvalue weighted by Crippen LogP contribution is -2.40. The van der Waals surface area contributed by atoms with Gasteiger partial charge < -0.3 is 5.32 Å². The van der Waals surface area contributed by atoms with E-state index in [9.17, 15) is 4.39 Å². The van der Waals surface area contributed by atoms with Gasteiger partial charge in [-0.05, 0) is 58.2 Å². The average Bonchev–Trinajstić information content (AvgIpc) is 2.19. The molecule has 2 rings (SSSR count). The van der Waals surface area contributed by atoms with Crippen LogP contribution < -0.4 is 5.32 Å². The van der Waals surface area contributed by atoms with Crippen LogP contribution in [0.15, 0.2) is 22.7 Å². The Kier molecular flexibility index (Phi) is 3.97. The molecule has 0 bridgehead atoms. The quantitative estimate of drug-likeness (QED) is 0.744.